The summed E-state index contributed by atoms with van der Waals surface area (Å²) in [6.07, 6.45) is -0.0467. The minimum absolute atomic E-state index is 0.0132. The normalized spacial score (nSPS) is 12.6. The standard InChI is InChI=1S/C38H31N3O11S/c42-24-6-9-27-30(16-24)51-31-17-25(43)7-10-28(31)36(27)26-8-5-23(15-29(26)38(49)50)37(48)40-19-22-3-1-21(2-4-22)18-39-32(44)20-53-14-13-35(47)52-41-33(45)11-12-34(41)46/h1-10,15-17,42H,11-14,18-20H2,(H,39,44)(H,40,48)(H,49,50). The molecule has 15 heteroatoms. The molecule has 2 aliphatic heterocycles. The van der Waals surface area contributed by atoms with Crippen LogP contribution in [-0.2, 0) is 37.1 Å². The number of hydroxylamine groups is 2. The average Bonchev–Trinajstić information content (AvgIpc) is 3.45. The largest absolute Gasteiger partial charge is 0.508 e. The zero-order chi connectivity index (χ0) is 37.6. The van der Waals surface area contributed by atoms with Crippen LogP contribution in [0.25, 0.3) is 33.4 Å². The van der Waals surface area contributed by atoms with Crippen LogP contribution in [0.15, 0.2) is 88.1 Å². The van der Waals surface area contributed by atoms with Crippen molar-refractivity contribution in [3.05, 3.63) is 111 Å². The highest BCUT2D eigenvalue weighted by molar-refractivity contribution is 7.99. The molecular weight excluding hydrogens is 706 g/mol. The molecular formula is C38H31N3O11S. The van der Waals surface area contributed by atoms with Crippen LogP contribution in [0, 0.1) is 0 Å². The summed E-state index contributed by atoms with van der Waals surface area (Å²) in [5, 5.41) is 26.8. The number of carbonyl (C=O) groups excluding carboxylic acids is 5. The van der Waals surface area contributed by atoms with Crippen molar-refractivity contribution < 1.29 is 48.2 Å². The van der Waals surface area contributed by atoms with Crippen LogP contribution < -0.4 is 16.1 Å². The van der Waals surface area contributed by atoms with Crippen molar-refractivity contribution in [3.8, 4) is 28.2 Å². The number of benzene rings is 4. The number of aromatic carboxylic acids is 1. The van der Waals surface area contributed by atoms with E-state index in [4.69, 9.17) is 9.25 Å². The Morgan fingerprint density at radius 3 is 2.19 bits per heavy atom. The van der Waals surface area contributed by atoms with E-state index in [1.165, 1.54) is 54.2 Å². The second-order valence-electron chi connectivity index (χ2n) is 12.0. The van der Waals surface area contributed by atoms with Crippen LogP contribution in [0.4, 0.5) is 0 Å². The molecule has 1 aliphatic carbocycles. The van der Waals surface area contributed by atoms with Crippen molar-refractivity contribution in [2.75, 3.05) is 11.5 Å². The van der Waals surface area contributed by atoms with Gasteiger partial charge in [0.1, 0.15) is 17.1 Å². The number of nitrogens with one attached hydrogen (secondary N) is 2. The molecule has 3 aromatic rings. The molecule has 1 saturated heterocycles. The summed E-state index contributed by atoms with van der Waals surface area (Å²) in [7, 11) is 0. The summed E-state index contributed by atoms with van der Waals surface area (Å²) in [6.45, 7) is 0.391. The zero-order valence-electron chi connectivity index (χ0n) is 27.9. The number of phenols is 1. The Hall–Kier alpha value is -6.48. The Balaban J connectivity index is 1.03. The van der Waals surface area contributed by atoms with E-state index in [0.717, 1.165) is 11.1 Å². The van der Waals surface area contributed by atoms with E-state index in [9.17, 15) is 43.8 Å². The van der Waals surface area contributed by atoms with Gasteiger partial charge in [-0.15, -0.1) is 5.06 Å². The van der Waals surface area contributed by atoms with E-state index >= 15 is 0 Å². The number of thioether (sulfide) groups is 1. The van der Waals surface area contributed by atoms with Gasteiger partial charge in [-0.1, -0.05) is 30.3 Å². The maximum absolute atomic E-state index is 13.1. The van der Waals surface area contributed by atoms with Crippen LogP contribution in [-0.4, -0.2) is 62.3 Å². The minimum Gasteiger partial charge on any atom is -0.508 e. The highest BCUT2D eigenvalue weighted by Crippen LogP contribution is 2.42. The van der Waals surface area contributed by atoms with E-state index in [2.05, 4.69) is 10.6 Å². The molecule has 0 atom stereocenters. The van der Waals surface area contributed by atoms with Gasteiger partial charge in [0, 0.05) is 65.9 Å². The third-order valence-electron chi connectivity index (χ3n) is 8.31. The fourth-order valence-electron chi connectivity index (χ4n) is 5.67. The predicted octanol–water partition coefficient (Wildman–Crippen LogP) is 4.25. The SMILES string of the molecule is O=C(CSCCC(=O)ON1C(=O)CCC1=O)NCc1ccc(CNC(=O)c2ccc(-c3c4ccc(=O)cc-4oc4cc(O)ccc34)c(C(=O)O)c2)cc1. The number of hydrogen-bond acceptors (Lipinski definition) is 11. The summed E-state index contributed by atoms with van der Waals surface area (Å²) in [5.41, 5.74) is 2.72. The van der Waals surface area contributed by atoms with Crippen molar-refractivity contribution in [2.45, 2.75) is 32.4 Å². The van der Waals surface area contributed by atoms with E-state index < -0.39 is 29.7 Å². The molecule has 0 saturated carbocycles. The van der Waals surface area contributed by atoms with Gasteiger partial charge in [-0.2, -0.15) is 11.8 Å². The summed E-state index contributed by atoms with van der Waals surface area (Å²) in [4.78, 5) is 89.7. The first-order chi connectivity index (χ1) is 25.5. The van der Waals surface area contributed by atoms with Crippen LogP contribution in [0.3, 0.4) is 0 Å². The van der Waals surface area contributed by atoms with Crippen molar-refractivity contribution in [1.82, 2.24) is 15.7 Å². The summed E-state index contributed by atoms with van der Waals surface area (Å²) >= 11 is 1.20. The molecule has 3 aromatic carbocycles. The average molecular weight is 738 g/mol. The number of amides is 4. The Morgan fingerprint density at radius 2 is 1.49 bits per heavy atom. The molecule has 14 nitrogen and oxygen atoms in total. The van der Waals surface area contributed by atoms with Gasteiger partial charge < -0.3 is 30.1 Å². The first-order valence-corrected chi connectivity index (χ1v) is 17.5. The third-order valence-corrected chi connectivity index (χ3v) is 9.27. The van der Waals surface area contributed by atoms with E-state index in [1.807, 2.05) is 0 Å². The van der Waals surface area contributed by atoms with Crippen molar-refractivity contribution >= 4 is 58.3 Å². The van der Waals surface area contributed by atoms with Gasteiger partial charge in [0.05, 0.1) is 17.7 Å². The molecule has 4 amide bonds. The number of carboxylic acids is 1. The fourth-order valence-corrected chi connectivity index (χ4v) is 6.41. The van der Waals surface area contributed by atoms with Gasteiger partial charge in [-0.3, -0.25) is 24.0 Å². The lowest BCUT2D eigenvalue weighted by atomic mass is 9.90. The van der Waals surface area contributed by atoms with Crippen LogP contribution in [0.5, 0.6) is 5.75 Å². The van der Waals surface area contributed by atoms with E-state index in [1.54, 1.807) is 36.4 Å². The number of hydrogen-bond donors (Lipinski definition) is 4. The van der Waals surface area contributed by atoms with Crippen molar-refractivity contribution in [2.24, 2.45) is 0 Å². The molecule has 0 aromatic heterocycles. The Kier molecular flexibility index (Phi) is 10.8. The van der Waals surface area contributed by atoms with Gasteiger partial charge in [0.25, 0.3) is 17.7 Å². The molecule has 270 valence electrons. The van der Waals surface area contributed by atoms with Gasteiger partial charge in [0.2, 0.25) is 5.91 Å². The molecule has 3 aliphatic rings. The monoisotopic (exact) mass is 737 g/mol. The van der Waals surface area contributed by atoms with Crippen LogP contribution in [0.1, 0.15) is 51.1 Å². The molecule has 0 bridgehead atoms. The molecule has 0 radical (unpaired) electrons. The lowest BCUT2D eigenvalue weighted by molar-refractivity contribution is -0.197. The molecule has 6 rings (SSSR count). The molecule has 4 N–H and O–H groups in total. The fraction of sp³-hybridized carbons (Fsp3) is 0.184. The topological polar surface area (TPSA) is 210 Å². The summed E-state index contributed by atoms with van der Waals surface area (Å²) < 4.78 is 5.86. The Labute approximate surface area is 305 Å². The molecule has 53 heavy (non-hydrogen) atoms. The first-order valence-electron chi connectivity index (χ1n) is 16.3. The van der Waals surface area contributed by atoms with Crippen molar-refractivity contribution in [3.63, 3.8) is 0 Å². The van der Waals surface area contributed by atoms with Gasteiger partial charge in [-0.05, 0) is 53.1 Å². The highest BCUT2D eigenvalue weighted by Gasteiger charge is 2.32. The first kappa shape index (κ1) is 36.3. The van der Waals surface area contributed by atoms with Crippen molar-refractivity contribution in [1.29, 1.82) is 0 Å². The maximum Gasteiger partial charge on any atom is 0.336 e. The molecule has 0 spiro atoms. The number of nitrogens with zero attached hydrogens (tertiary/aromatic N) is 1. The molecule has 0 unspecified atom stereocenters. The highest BCUT2D eigenvalue weighted by atomic mass is 32.2. The second-order valence-corrected chi connectivity index (χ2v) is 13.1. The van der Waals surface area contributed by atoms with Gasteiger partial charge in [-0.25, -0.2) is 9.59 Å². The maximum atomic E-state index is 13.1. The molecule has 2 heterocycles. The second kappa shape index (κ2) is 15.8. The Morgan fingerprint density at radius 1 is 0.811 bits per heavy atom. The number of imide groups is 1. The number of rotatable bonds is 13. The lowest BCUT2D eigenvalue weighted by Gasteiger charge is -2.17. The number of fused-ring (bicyclic) bond motifs is 2. The predicted molar refractivity (Wildman–Crippen MR) is 192 cm³/mol. The minimum atomic E-state index is -1.27. The number of phenolic OH excluding ortho intramolecular Hbond substituents is 1. The van der Waals surface area contributed by atoms with Gasteiger partial charge >= 0.3 is 11.9 Å². The Bertz CT molecular complexity index is 2290. The lowest BCUT2D eigenvalue weighted by Crippen LogP contribution is -2.32. The van der Waals surface area contributed by atoms with E-state index in [-0.39, 0.29) is 83.4 Å². The van der Waals surface area contributed by atoms with Crippen LogP contribution in [0.2, 0.25) is 0 Å². The smallest absolute Gasteiger partial charge is 0.336 e. The summed E-state index contributed by atoms with van der Waals surface area (Å²) in [5.74, 6) is -3.37. The van der Waals surface area contributed by atoms with E-state index in [0.29, 0.717) is 27.1 Å². The van der Waals surface area contributed by atoms with Gasteiger partial charge in [0.15, 0.2) is 5.43 Å². The third kappa shape index (κ3) is 8.53. The quantitative estimate of drug-likeness (QED) is 0.0760. The number of carbonyl (C=O) groups is 6. The molecule has 1 fully saturated rings. The van der Waals surface area contributed by atoms with Crippen LogP contribution >= 0.6 is 11.8 Å². The number of aromatic hydroxyl groups is 1. The zero-order valence-corrected chi connectivity index (χ0v) is 28.7. The summed E-state index contributed by atoms with van der Waals surface area (Å²) in [6, 6.07) is 20.1. The number of carboxylic acid groups (broad SMARTS) is 1.